The smallest absolute Gasteiger partial charge is 0.414 e. The summed E-state index contributed by atoms with van der Waals surface area (Å²) in [4.78, 5) is 50.4. The second kappa shape index (κ2) is 11.6. The lowest BCUT2D eigenvalue weighted by atomic mass is 10.0. The van der Waals surface area contributed by atoms with Gasteiger partial charge in [0.25, 0.3) is 0 Å². The number of rotatable bonds is 8. The molecule has 2 heterocycles. The summed E-state index contributed by atoms with van der Waals surface area (Å²) in [6, 6.07) is 13.8. The molecule has 2 aliphatic heterocycles. The zero-order valence-corrected chi connectivity index (χ0v) is 20.0. The van der Waals surface area contributed by atoms with Gasteiger partial charge in [0.2, 0.25) is 5.91 Å². The predicted octanol–water partition coefficient (Wildman–Crippen LogP) is 3.53. The number of cyclic esters (lactones) is 1. The van der Waals surface area contributed by atoms with Crippen molar-refractivity contribution >= 4 is 35.4 Å². The maximum atomic E-state index is 12.7. The van der Waals surface area contributed by atoms with E-state index < -0.39 is 24.3 Å². The average Bonchev–Trinajstić information content (AvgIpc) is 3.18. The fourth-order valence-corrected chi connectivity index (χ4v) is 4.05. The van der Waals surface area contributed by atoms with Crippen LogP contribution >= 0.6 is 0 Å². The highest BCUT2D eigenvalue weighted by molar-refractivity contribution is 5.98. The largest absolute Gasteiger partial charge is 0.462 e. The van der Waals surface area contributed by atoms with E-state index in [1.807, 2.05) is 43.3 Å². The topological polar surface area (TPSA) is 123 Å². The molecule has 0 spiro atoms. The van der Waals surface area contributed by atoms with Crippen LogP contribution in [0.15, 0.2) is 48.5 Å². The minimum atomic E-state index is -0.761. The SMILES string of the molecule is CCCC(=O)OC[C@H]1CN(c2ccc3c(c2)CCC(NC(=O)OCc2ccccc2)C(=O)N3)C(=O)O1. The lowest BCUT2D eigenvalue weighted by Crippen LogP contribution is -2.43. The molecule has 2 aliphatic rings. The Balaban J connectivity index is 1.33. The van der Waals surface area contributed by atoms with Gasteiger partial charge in [-0.1, -0.05) is 37.3 Å². The number of anilines is 2. The lowest BCUT2D eigenvalue weighted by molar-refractivity contribution is -0.146. The third-order valence-electron chi connectivity index (χ3n) is 5.94. The molecule has 4 rings (SSSR count). The molecule has 36 heavy (non-hydrogen) atoms. The number of benzene rings is 2. The Morgan fingerprint density at radius 3 is 2.72 bits per heavy atom. The van der Waals surface area contributed by atoms with Crippen molar-refractivity contribution in [2.24, 2.45) is 0 Å². The number of nitrogens with zero attached hydrogens (tertiary/aromatic N) is 1. The van der Waals surface area contributed by atoms with Crippen LogP contribution < -0.4 is 15.5 Å². The van der Waals surface area contributed by atoms with Crippen LogP contribution in [0.4, 0.5) is 21.0 Å². The number of hydrogen-bond acceptors (Lipinski definition) is 7. The van der Waals surface area contributed by atoms with Gasteiger partial charge in [-0.2, -0.15) is 0 Å². The fourth-order valence-electron chi connectivity index (χ4n) is 4.05. The molecule has 1 saturated heterocycles. The van der Waals surface area contributed by atoms with E-state index in [0.29, 0.717) is 37.1 Å². The number of amides is 3. The van der Waals surface area contributed by atoms with Gasteiger partial charge in [0.05, 0.1) is 6.54 Å². The Hall–Kier alpha value is -4.08. The Morgan fingerprint density at radius 1 is 1.14 bits per heavy atom. The van der Waals surface area contributed by atoms with Gasteiger partial charge >= 0.3 is 18.2 Å². The number of alkyl carbamates (subject to hydrolysis) is 1. The zero-order valence-electron chi connectivity index (χ0n) is 20.0. The molecule has 2 aromatic rings. The van der Waals surface area contributed by atoms with E-state index in [1.165, 1.54) is 4.90 Å². The third kappa shape index (κ3) is 6.32. The molecule has 1 unspecified atom stereocenters. The molecular weight excluding hydrogens is 466 g/mol. The summed E-state index contributed by atoms with van der Waals surface area (Å²) in [6.45, 7) is 2.25. The van der Waals surface area contributed by atoms with E-state index in [4.69, 9.17) is 14.2 Å². The van der Waals surface area contributed by atoms with E-state index in [9.17, 15) is 19.2 Å². The van der Waals surface area contributed by atoms with Crippen LogP contribution in [0.5, 0.6) is 0 Å². The van der Waals surface area contributed by atoms with E-state index >= 15 is 0 Å². The highest BCUT2D eigenvalue weighted by Gasteiger charge is 2.34. The van der Waals surface area contributed by atoms with Gasteiger partial charge in [0, 0.05) is 17.8 Å². The van der Waals surface area contributed by atoms with Crippen molar-refractivity contribution in [3.05, 3.63) is 59.7 Å². The average molecular weight is 496 g/mol. The van der Waals surface area contributed by atoms with Crippen molar-refractivity contribution < 1.29 is 33.4 Å². The molecule has 0 bridgehead atoms. The van der Waals surface area contributed by atoms with Crippen molar-refractivity contribution in [2.45, 2.75) is 51.4 Å². The van der Waals surface area contributed by atoms with Gasteiger partial charge < -0.3 is 24.8 Å². The first kappa shape index (κ1) is 25.0. The van der Waals surface area contributed by atoms with E-state index in [0.717, 1.165) is 11.1 Å². The van der Waals surface area contributed by atoms with Crippen LogP contribution in [0, 0.1) is 0 Å². The summed E-state index contributed by atoms with van der Waals surface area (Å²) < 4.78 is 15.7. The van der Waals surface area contributed by atoms with Gasteiger partial charge in [0.15, 0.2) is 6.10 Å². The molecule has 2 N–H and O–H groups in total. The van der Waals surface area contributed by atoms with Crippen LogP contribution in [0.2, 0.25) is 0 Å². The van der Waals surface area contributed by atoms with Crippen LogP contribution in [-0.4, -0.2) is 49.4 Å². The summed E-state index contributed by atoms with van der Waals surface area (Å²) in [5.74, 6) is -0.660. The maximum Gasteiger partial charge on any atom is 0.414 e. The second-order valence-corrected chi connectivity index (χ2v) is 8.68. The zero-order chi connectivity index (χ0) is 25.5. The fraction of sp³-hybridized carbons (Fsp3) is 0.385. The lowest BCUT2D eigenvalue weighted by Gasteiger charge is -2.16. The Morgan fingerprint density at radius 2 is 1.94 bits per heavy atom. The molecule has 2 atom stereocenters. The van der Waals surface area contributed by atoms with Gasteiger partial charge in [-0.05, 0) is 48.6 Å². The number of esters is 1. The highest BCUT2D eigenvalue weighted by atomic mass is 16.6. The van der Waals surface area contributed by atoms with Crippen LogP contribution in [0.1, 0.15) is 37.3 Å². The minimum Gasteiger partial charge on any atom is -0.462 e. The summed E-state index contributed by atoms with van der Waals surface area (Å²) in [5, 5.41) is 5.46. The first-order valence-corrected chi connectivity index (χ1v) is 12.0. The van der Waals surface area contributed by atoms with Crippen molar-refractivity contribution in [3.8, 4) is 0 Å². The summed E-state index contributed by atoms with van der Waals surface area (Å²) in [5.41, 5.74) is 2.90. The summed E-state index contributed by atoms with van der Waals surface area (Å²) in [7, 11) is 0. The van der Waals surface area contributed by atoms with E-state index in [1.54, 1.807) is 12.1 Å². The van der Waals surface area contributed by atoms with Gasteiger partial charge in [-0.15, -0.1) is 0 Å². The van der Waals surface area contributed by atoms with Crippen molar-refractivity contribution in [3.63, 3.8) is 0 Å². The predicted molar refractivity (Wildman–Crippen MR) is 130 cm³/mol. The maximum absolute atomic E-state index is 12.7. The summed E-state index contributed by atoms with van der Waals surface area (Å²) >= 11 is 0. The van der Waals surface area contributed by atoms with E-state index in [2.05, 4.69) is 10.6 Å². The quantitative estimate of drug-likeness (QED) is 0.424. The van der Waals surface area contributed by atoms with Gasteiger partial charge in [0.1, 0.15) is 19.3 Å². The number of ether oxygens (including phenoxy) is 3. The highest BCUT2D eigenvalue weighted by Crippen LogP contribution is 2.30. The summed E-state index contributed by atoms with van der Waals surface area (Å²) in [6.07, 6.45) is 0.122. The molecular formula is C26H29N3O7. The molecule has 1 fully saturated rings. The first-order valence-electron chi connectivity index (χ1n) is 12.0. The van der Waals surface area contributed by atoms with Crippen molar-refractivity contribution in [1.29, 1.82) is 0 Å². The van der Waals surface area contributed by atoms with Crippen LogP contribution in [0.25, 0.3) is 0 Å². The number of nitrogens with one attached hydrogen (secondary N) is 2. The molecule has 0 aliphatic carbocycles. The van der Waals surface area contributed by atoms with Crippen molar-refractivity contribution in [1.82, 2.24) is 5.32 Å². The third-order valence-corrected chi connectivity index (χ3v) is 5.94. The molecule has 0 radical (unpaired) electrons. The number of aryl methyl sites for hydroxylation is 1. The van der Waals surface area contributed by atoms with E-state index in [-0.39, 0.29) is 31.6 Å². The number of hydrogen-bond donors (Lipinski definition) is 2. The second-order valence-electron chi connectivity index (χ2n) is 8.68. The molecule has 2 aromatic carbocycles. The Kier molecular flexibility index (Phi) is 8.04. The molecule has 3 amide bonds. The van der Waals surface area contributed by atoms with Crippen molar-refractivity contribution in [2.75, 3.05) is 23.4 Å². The Labute approximate surface area is 208 Å². The van der Waals surface area contributed by atoms with Gasteiger partial charge in [-0.3, -0.25) is 14.5 Å². The molecule has 190 valence electrons. The minimum absolute atomic E-state index is 0.00972. The monoisotopic (exact) mass is 495 g/mol. The molecule has 10 heteroatoms. The van der Waals surface area contributed by atoms with Crippen LogP contribution in [-0.2, 0) is 36.8 Å². The first-order chi connectivity index (χ1) is 17.4. The number of fused-ring (bicyclic) bond motifs is 1. The van der Waals surface area contributed by atoms with Crippen LogP contribution in [0.3, 0.4) is 0 Å². The molecule has 10 nitrogen and oxygen atoms in total. The number of carbonyl (C=O) groups excluding carboxylic acids is 4. The Bertz CT molecular complexity index is 1120. The standard InChI is InChI=1S/C26H29N3O7/c1-2-6-23(30)34-16-20-14-29(26(33)36-20)19-10-12-21-18(13-19)9-11-22(24(31)27-21)28-25(32)35-15-17-7-4-3-5-8-17/h3-5,7-8,10,12-13,20,22H,2,6,9,11,14-16H2,1H3,(H,27,31)(H,28,32)/t20-,22?/m1/s1. The van der Waals surface area contributed by atoms with Gasteiger partial charge in [-0.25, -0.2) is 9.59 Å². The number of carbonyl (C=O) groups is 4. The molecule has 0 aromatic heterocycles. The molecule has 0 saturated carbocycles. The normalized spacial score (nSPS) is 19.0.